The zero-order chi connectivity index (χ0) is 13.8. The highest BCUT2D eigenvalue weighted by Gasteiger charge is 2.26. The van der Waals surface area contributed by atoms with Gasteiger partial charge in [0.2, 0.25) is 0 Å². The van der Waals surface area contributed by atoms with Crippen LogP contribution in [-0.2, 0) is 0 Å². The lowest BCUT2D eigenvalue weighted by atomic mass is 9.98. The summed E-state index contributed by atoms with van der Waals surface area (Å²) in [4.78, 5) is 0. The van der Waals surface area contributed by atoms with Gasteiger partial charge in [0.15, 0.2) is 34.9 Å². The average molecular weight is 264 g/mol. The molecule has 18 heavy (non-hydrogen) atoms. The first-order valence-electron chi connectivity index (χ1n) is 4.88. The lowest BCUT2D eigenvalue weighted by molar-refractivity contribution is 0.416. The van der Waals surface area contributed by atoms with Crippen LogP contribution in [0, 0.1) is 48.8 Å². The van der Waals surface area contributed by atoms with E-state index in [0.29, 0.717) is 0 Å². The van der Waals surface area contributed by atoms with E-state index in [1.54, 1.807) is 0 Å². The topological polar surface area (TPSA) is 0 Å². The van der Waals surface area contributed by atoms with Crippen LogP contribution in [0.25, 0.3) is 10.8 Å². The SMILES string of the molecule is Cc1c(F)c(F)c(C)c2c(F)c(F)c(F)c(F)c12. The van der Waals surface area contributed by atoms with Gasteiger partial charge in [-0.15, -0.1) is 0 Å². The summed E-state index contributed by atoms with van der Waals surface area (Å²) < 4.78 is 79.9. The van der Waals surface area contributed by atoms with Crippen molar-refractivity contribution < 1.29 is 26.3 Å². The molecule has 0 saturated carbocycles. The zero-order valence-electron chi connectivity index (χ0n) is 9.27. The highest BCUT2D eigenvalue weighted by Crippen LogP contribution is 2.34. The van der Waals surface area contributed by atoms with Crippen molar-refractivity contribution in [2.75, 3.05) is 0 Å². The Kier molecular flexibility index (Phi) is 2.76. The van der Waals surface area contributed by atoms with Gasteiger partial charge in [0.05, 0.1) is 0 Å². The molecule has 0 amide bonds. The first kappa shape index (κ1) is 12.7. The van der Waals surface area contributed by atoms with Crippen LogP contribution in [-0.4, -0.2) is 0 Å². The van der Waals surface area contributed by atoms with Gasteiger partial charge in [-0.3, -0.25) is 0 Å². The molecule has 0 fully saturated rings. The molecule has 0 aliphatic carbocycles. The Bertz CT molecular complexity index is 562. The second kappa shape index (κ2) is 3.90. The summed E-state index contributed by atoms with van der Waals surface area (Å²) in [6.45, 7) is 1.92. The van der Waals surface area contributed by atoms with Crippen molar-refractivity contribution in [3.8, 4) is 0 Å². The molecule has 96 valence electrons. The third kappa shape index (κ3) is 1.41. The molecule has 0 atom stereocenters. The molecule has 0 nitrogen and oxygen atoms in total. The summed E-state index contributed by atoms with van der Waals surface area (Å²) in [5, 5.41) is -1.58. The molecule has 0 unspecified atom stereocenters. The fraction of sp³-hybridized carbons (Fsp3) is 0.167. The Morgan fingerprint density at radius 2 is 0.722 bits per heavy atom. The van der Waals surface area contributed by atoms with Crippen LogP contribution < -0.4 is 0 Å². The van der Waals surface area contributed by atoms with Crippen molar-refractivity contribution >= 4 is 10.8 Å². The molecule has 0 heterocycles. The summed E-state index contributed by atoms with van der Waals surface area (Å²) in [7, 11) is 0. The number of aryl methyl sites for hydroxylation is 2. The molecule has 0 aromatic heterocycles. The first-order chi connectivity index (χ1) is 8.29. The van der Waals surface area contributed by atoms with E-state index in [1.165, 1.54) is 0 Å². The van der Waals surface area contributed by atoms with Gasteiger partial charge in [-0.2, -0.15) is 0 Å². The van der Waals surface area contributed by atoms with E-state index in [-0.39, 0.29) is 0 Å². The molecule has 0 saturated heterocycles. The Morgan fingerprint density at radius 1 is 0.444 bits per heavy atom. The summed E-state index contributed by atoms with van der Waals surface area (Å²) in [6, 6.07) is 0. The molecule has 6 heteroatoms. The molecule has 2 aromatic rings. The van der Waals surface area contributed by atoms with E-state index in [9.17, 15) is 26.3 Å². The zero-order valence-corrected chi connectivity index (χ0v) is 9.27. The van der Waals surface area contributed by atoms with E-state index in [1.807, 2.05) is 0 Å². The Morgan fingerprint density at radius 3 is 1.00 bits per heavy atom. The number of fused-ring (bicyclic) bond motifs is 1. The number of hydrogen-bond acceptors (Lipinski definition) is 0. The summed E-state index contributed by atoms with van der Waals surface area (Å²) in [6.07, 6.45) is 0. The van der Waals surface area contributed by atoms with Crippen molar-refractivity contribution in [1.29, 1.82) is 0 Å². The van der Waals surface area contributed by atoms with Crippen molar-refractivity contribution in [2.45, 2.75) is 13.8 Å². The number of halogens is 6. The maximum absolute atomic E-state index is 13.5. The Balaban J connectivity index is 3.22. The van der Waals surface area contributed by atoms with Crippen molar-refractivity contribution in [1.82, 2.24) is 0 Å². The standard InChI is InChI=1S/C12H6F6/c1-3-5-6(4(2)8(14)7(3)13)10(16)12(18)11(17)9(5)15/h1-2H3. The molecular formula is C12H6F6. The smallest absolute Gasteiger partial charge is 0.198 e. The molecule has 0 radical (unpaired) electrons. The molecular weight excluding hydrogens is 258 g/mol. The second-order valence-corrected chi connectivity index (χ2v) is 3.88. The number of rotatable bonds is 0. The van der Waals surface area contributed by atoms with Gasteiger partial charge < -0.3 is 0 Å². The predicted molar refractivity (Wildman–Crippen MR) is 53.2 cm³/mol. The normalized spacial score (nSPS) is 11.3. The highest BCUT2D eigenvalue weighted by molar-refractivity contribution is 5.90. The monoisotopic (exact) mass is 264 g/mol. The fourth-order valence-electron chi connectivity index (χ4n) is 1.88. The van der Waals surface area contributed by atoms with Crippen LogP contribution in [0.15, 0.2) is 0 Å². The third-order valence-corrected chi connectivity index (χ3v) is 2.87. The van der Waals surface area contributed by atoms with Crippen LogP contribution >= 0.6 is 0 Å². The number of hydrogen-bond donors (Lipinski definition) is 0. The van der Waals surface area contributed by atoms with Crippen molar-refractivity contribution in [3.63, 3.8) is 0 Å². The third-order valence-electron chi connectivity index (χ3n) is 2.87. The molecule has 0 aliphatic heterocycles. The quantitative estimate of drug-likeness (QED) is 0.378. The maximum atomic E-state index is 13.5. The van der Waals surface area contributed by atoms with Crippen molar-refractivity contribution in [2.24, 2.45) is 0 Å². The highest BCUT2D eigenvalue weighted by atomic mass is 19.2. The van der Waals surface area contributed by atoms with Crippen LogP contribution in [0.4, 0.5) is 26.3 Å². The van der Waals surface area contributed by atoms with E-state index in [0.717, 1.165) is 13.8 Å². The van der Waals surface area contributed by atoms with E-state index in [2.05, 4.69) is 0 Å². The van der Waals surface area contributed by atoms with Gasteiger partial charge >= 0.3 is 0 Å². The van der Waals surface area contributed by atoms with Gasteiger partial charge in [0.25, 0.3) is 0 Å². The lowest BCUT2D eigenvalue weighted by Gasteiger charge is -2.12. The van der Waals surface area contributed by atoms with Gasteiger partial charge in [-0.25, -0.2) is 26.3 Å². The maximum Gasteiger partial charge on any atom is 0.198 e. The predicted octanol–water partition coefficient (Wildman–Crippen LogP) is 4.29. The van der Waals surface area contributed by atoms with Gasteiger partial charge in [-0.05, 0) is 25.0 Å². The summed E-state index contributed by atoms with van der Waals surface area (Å²) in [5.74, 6) is -10.4. The second-order valence-electron chi connectivity index (χ2n) is 3.88. The Labute approximate surface area is 97.8 Å². The lowest BCUT2D eigenvalue weighted by Crippen LogP contribution is -2.05. The van der Waals surface area contributed by atoms with Crippen LogP contribution in [0.1, 0.15) is 11.1 Å². The molecule has 2 aromatic carbocycles. The van der Waals surface area contributed by atoms with Crippen LogP contribution in [0.2, 0.25) is 0 Å². The average Bonchev–Trinajstić information content (AvgIpc) is 2.35. The van der Waals surface area contributed by atoms with E-state index >= 15 is 0 Å². The molecule has 0 N–H and O–H groups in total. The summed E-state index contributed by atoms with van der Waals surface area (Å²) in [5.41, 5.74) is -1.22. The minimum absolute atomic E-state index is 0.608. The molecule has 0 spiro atoms. The van der Waals surface area contributed by atoms with E-state index in [4.69, 9.17) is 0 Å². The van der Waals surface area contributed by atoms with Gasteiger partial charge in [0, 0.05) is 10.8 Å². The minimum atomic E-state index is -2.05. The number of benzene rings is 2. The van der Waals surface area contributed by atoms with Crippen LogP contribution in [0.5, 0.6) is 0 Å². The minimum Gasteiger partial charge on any atom is -0.203 e. The first-order valence-corrected chi connectivity index (χ1v) is 4.88. The largest absolute Gasteiger partial charge is 0.203 e. The van der Waals surface area contributed by atoms with Crippen LogP contribution in [0.3, 0.4) is 0 Å². The molecule has 0 bridgehead atoms. The van der Waals surface area contributed by atoms with Gasteiger partial charge in [0.1, 0.15) is 0 Å². The Hall–Kier alpha value is -1.72. The van der Waals surface area contributed by atoms with Crippen molar-refractivity contribution in [3.05, 3.63) is 46.0 Å². The fourth-order valence-corrected chi connectivity index (χ4v) is 1.88. The van der Waals surface area contributed by atoms with Gasteiger partial charge in [-0.1, -0.05) is 0 Å². The summed E-state index contributed by atoms with van der Waals surface area (Å²) >= 11 is 0. The molecule has 2 rings (SSSR count). The van der Waals surface area contributed by atoms with E-state index < -0.39 is 56.8 Å². The molecule has 0 aliphatic rings.